The molecule has 0 saturated heterocycles. The molecule has 0 aliphatic rings. The van der Waals surface area contributed by atoms with Gasteiger partial charge in [0.15, 0.2) is 0 Å². The van der Waals surface area contributed by atoms with Gasteiger partial charge >= 0.3 is 12.0 Å². The van der Waals surface area contributed by atoms with Crippen molar-refractivity contribution in [1.29, 1.82) is 0 Å². The molecular formula is C14H28N2O4. The van der Waals surface area contributed by atoms with Gasteiger partial charge in [-0.2, -0.15) is 0 Å². The average molecular weight is 288 g/mol. The highest BCUT2D eigenvalue weighted by atomic mass is 16.9. The van der Waals surface area contributed by atoms with Crippen molar-refractivity contribution in [2.45, 2.75) is 66.2 Å². The average Bonchev–Trinajstić information content (AvgIpc) is 2.36. The molecule has 0 saturated carbocycles. The second kappa shape index (κ2) is 9.58. The van der Waals surface area contributed by atoms with Crippen LogP contribution in [-0.4, -0.2) is 29.0 Å². The summed E-state index contributed by atoms with van der Waals surface area (Å²) in [6.45, 7) is 7.52. The van der Waals surface area contributed by atoms with Crippen LogP contribution in [0.4, 0.5) is 4.79 Å². The van der Waals surface area contributed by atoms with Gasteiger partial charge in [0.25, 0.3) is 0 Å². The molecule has 0 radical (unpaired) electrons. The first-order valence-corrected chi connectivity index (χ1v) is 7.28. The van der Waals surface area contributed by atoms with Crippen LogP contribution in [0.1, 0.15) is 66.2 Å². The van der Waals surface area contributed by atoms with Crippen molar-refractivity contribution in [3.63, 3.8) is 0 Å². The van der Waals surface area contributed by atoms with Gasteiger partial charge in [-0.15, -0.1) is 0 Å². The fourth-order valence-electron chi connectivity index (χ4n) is 1.43. The van der Waals surface area contributed by atoms with Crippen molar-refractivity contribution >= 4 is 12.0 Å². The highest BCUT2D eigenvalue weighted by Gasteiger charge is 2.27. The second-order valence-electron chi connectivity index (χ2n) is 5.90. The Kier molecular flexibility index (Phi) is 8.96. The summed E-state index contributed by atoms with van der Waals surface area (Å²) in [6, 6.07) is -0.823. The Morgan fingerprint density at radius 2 is 1.65 bits per heavy atom. The van der Waals surface area contributed by atoms with E-state index >= 15 is 0 Å². The molecule has 0 unspecified atom stereocenters. The molecule has 6 heteroatoms. The van der Waals surface area contributed by atoms with Crippen LogP contribution in [-0.2, 0) is 9.63 Å². The Labute approximate surface area is 121 Å². The third-order valence-corrected chi connectivity index (χ3v) is 2.76. The lowest BCUT2D eigenvalue weighted by Gasteiger charge is -2.20. The quantitative estimate of drug-likeness (QED) is 0.428. The first-order chi connectivity index (χ1) is 9.29. The smallest absolute Gasteiger partial charge is 0.334 e. The van der Waals surface area contributed by atoms with Gasteiger partial charge in [-0.25, -0.2) is 9.59 Å². The first-order valence-electron chi connectivity index (χ1n) is 7.28. The van der Waals surface area contributed by atoms with E-state index in [-0.39, 0.29) is 5.23 Å². The molecule has 6 nitrogen and oxygen atoms in total. The van der Waals surface area contributed by atoms with Crippen molar-refractivity contribution < 1.29 is 19.6 Å². The minimum absolute atomic E-state index is 0.0370. The number of unbranched alkanes of at least 4 members (excludes halogenated alkanes) is 5. The molecule has 0 heterocycles. The summed E-state index contributed by atoms with van der Waals surface area (Å²) in [5.41, 5.74) is -0.777. The molecule has 0 aliphatic carbocycles. The summed E-state index contributed by atoms with van der Waals surface area (Å²) in [4.78, 5) is 27.4. The zero-order chi connectivity index (χ0) is 15.6. The van der Waals surface area contributed by atoms with Gasteiger partial charge in [0, 0.05) is 6.54 Å². The molecule has 0 aliphatic heterocycles. The summed E-state index contributed by atoms with van der Waals surface area (Å²) >= 11 is 0. The number of rotatable bonds is 7. The number of carbonyl (C=O) groups excluding carboxylic acids is 2. The van der Waals surface area contributed by atoms with E-state index in [4.69, 9.17) is 0 Å². The number of urea groups is 1. The molecule has 118 valence electrons. The topological polar surface area (TPSA) is 78.9 Å². The highest BCUT2D eigenvalue weighted by Crippen LogP contribution is 2.15. The van der Waals surface area contributed by atoms with Gasteiger partial charge in [-0.3, -0.25) is 5.21 Å². The Morgan fingerprint density at radius 3 is 2.20 bits per heavy atom. The predicted octanol–water partition coefficient (Wildman–Crippen LogP) is 3.25. The van der Waals surface area contributed by atoms with Crippen molar-refractivity contribution in [2.24, 2.45) is 5.41 Å². The standard InChI is InChI=1S/C14H28N2O4/c1-5-6-7-8-9-10-11-15-13(18)16(19)20-12(17)14(2,3)4/h19H,5-11H2,1-4H3,(H,15,18). The predicted molar refractivity (Wildman–Crippen MR) is 75.9 cm³/mol. The molecule has 0 aromatic heterocycles. The van der Waals surface area contributed by atoms with E-state index in [0.717, 1.165) is 19.3 Å². The summed E-state index contributed by atoms with van der Waals surface area (Å²) < 4.78 is 0. The zero-order valence-electron chi connectivity index (χ0n) is 13.1. The molecule has 0 spiro atoms. The monoisotopic (exact) mass is 288 g/mol. The van der Waals surface area contributed by atoms with E-state index in [1.54, 1.807) is 20.8 Å². The number of hydrogen-bond donors (Lipinski definition) is 2. The van der Waals surface area contributed by atoms with Crippen LogP contribution in [0.15, 0.2) is 0 Å². The maximum atomic E-state index is 11.5. The van der Waals surface area contributed by atoms with Crippen LogP contribution < -0.4 is 5.32 Å². The maximum Gasteiger partial charge on any atom is 0.376 e. The van der Waals surface area contributed by atoms with Crippen LogP contribution in [0.25, 0.3) is 0 Å². The molecule has 0 aromatic rings. The van der Waals surface area contributed by atoms with E-state index < -0.39 is 17.4 Å². The van der Waals surface area contributed by atoms with Crippen molar-refractivity contribution in [3.05, 3.63) is 0 Å². The number of nitrogens with zero attached hydrogens (tertiary/aromatic N) is 1. The highest BCUT2D eigenvalue weighted by molar-refractivity contribution is 5.78. The fourth-order valence-corrected chi connectivity index (χ4v) is 1.43. The Bertz CT molecular complexity index is 300. The van der Waals surface area contributed by atoms with Gasteiger partial charge < -0.3 is 10.2 Å². The van der Waals surface area contributed by atoms with Crippen LogP contribution in [0.3, 0.4) is 0 Å². The number of amides is 2. The number of carbonyl (C=O) groups is 2. The van der Waals surface area contributed by atoms with Crippen LogP contribution in [0.5, 0.6) is 0 Å². The van der Waals surface area contributed by atoms with Gasteiger partial charge in [-0.05, 0) is 32.4 Å². The molecule has 0 rings (SSSR count). The summed E-state index contributed by atoms with van der Waals surface area (Å²) in [5.74, 6) is -0.672. The van der Waals surface area contributed by atoms with E-state index in [9.17, 15) is 14.8 Å². The number of hydroxylamine groups is 2. The van der Waals surface area contributed by atoms with Gasteiger partial charge in [0.05, 0.1) is 5.41 Å². The van der Waals surface area contributed by atoms with Gasteiger partial charge in [-0.1, -0.05) is 39.0 Å². The minimum atomic E-state index is -0.823. The Morgan fingerprint density at radius 1 is 1.10 bits per heavy atom. The lowest BCUT2D eigenvalue weighted by Crippen LogP contribution is -2.41. The molecule has 0 bridgehead atoms. The van der Waals surface area contributed by atoms with Crippen molar-refractivity contribution in [3.8, 4) is 0 Å². The molecular weight excluding hydrogens is 260 g/mol. The van der Waals surface area contributed by atoms with E-state index in [2.05, 4.69) is 17.1 Å². The third kappa shape index (κ3) is 8.74. The third-order valence-electron chi connectivity index (χ3n) is 2.76. The zero-order valence-corrected chi connectivity index (χ0v) is 13.1. The summed E-state index contributed by atoms with van der Waals surface area (Å²) in [7, 11) is 0. The Hall–Kier alpha value is -1.30. The second-order valence-corrected chi connectivity index (χ2v) is 5.90. The van der Waals surface area contributed by atoms with Crippen molar-refractivity contribution in [1.82, 2.24) is 10.5 Å². The lowest BCUT2D eigenvalue weighted by molar-refractivity contribution is -0.283. The van der Waals surface area contributed by atoms with Gasteiger partial charge in [0.2, 0.25) is 0 Å². The molecule has 20 heavy (non-hydrogen) atoms. The number of nitrogens with one attached hydrogen (secondary N) is 1. The van der Waals surface area contributed by atoms with E-state index in [1.165, 1.54) is 19.3 Å². The van der Waals surface area contributed by atoms with Crippen molar-refractivity contribution in [2.75, 3.05) is 6.54 Å². The SMILES string of the molecule is CCCCCCCCNC(=O)N(O)OC(=O)C(C)(C)C. The Balaban J connectivity index is 3.73. The minimum Gasteiger partial charge on any atom is -0.334 e. The van der Waals surface area contributed by atoms with Crippen LogP contribution in [0, 0.1) is 5.41 Å². The lowest BCUT2D eigenvalue weighted by atomic mass is 9.98. The largest absolute Gasteiger partial charge is 0.376 e. The molecule has 2 N–H and O–H groups in total. The van der Waals surface area contributed by atoms with E-state index in [0.29, 0.717) is 6.54 Å². The maximum absolute atomic E-state index is 11.5. The van der Waals surface area contributed by atoms with E-state index in [1.807, 2.05) is 0 Å². The summed E-state index contributed by atoms with van der Waals surface area (Å²) in [5, 5.41) is 11.8. The summed E-state index contributed by atoms with van der Waals surface area (Å²) in [6.07, 6.45) is 6.67. The fraction of sp³-hybridized carbons (Fsp3) is 0.857. The van der Waals surface area contributed by atoms with Gasteiger partial charge in [0.1, 0.15) is 0 Å². The molecule has 0 atom stereocenters. The molecule has 0 aromatic carbocycles. The molecule has 0 fully saturated rings. The normalized spacial score (nSPS) is 11.1. The number of hydrogen-bond acceptors (Lipinski definition) is 4. The van der Waals surface area contributed by atoms with Crippen LogP contribution >= 0.6 is 0 Å². The van der Waals surface area contributed by atoms with Crippen LogP contribution in [0.2, 0.25) is 0 Å². The first kappa shape index (κ1) is 18.7. The molecule has 2 amide bonds.